The lowest BCUT2D eigenvalue weighted by atomic mass is 10.1. The SMILES string of the molecule is CC(C)c1nnsc1-c1nc2c(S(C)(=O)=O)cccc2[nH]1. The number of aromatic amines is 1. The van der Waals surface area contributed by atoms with E-state index in [4.69, 9.17) is 0 Å². The molecular formula is C13H14N4O2S2. The Morgan fingerprint density at radius 3 is 2.71 bits per heavy atom. The largest absolute Gasteiger partial charge is 0.337 e. The number of benzene rings is 1. The molecule has 1 N–H and O–H groups in total. The van der Waals surface area contributed by atoms with Gasteiger partial charge in [0.1, 0.15) is 10.4 Å². The molecule has 2 aromatic heterocycles. The fraction of sp³-hybridized carbons (Fsp3) is 0.308. The van der Waals surface area contributed by atoms with Crippen molar-refractivity contribution in [2.24, 2.45) is 0 Å². The summed E-state index contributed by atoms with van der Waals surface area (Å²) in [4.78, 5) is 8.70. The van der Waals surface area contributed by atoms with Crippen molar-refractivity contribution in [2.75, 3.05) is 6.26 Å². The molecule has 21 heavy (non-hydrogen) atoms. The second-order valence-corrected chi connectivity index (χ2v) is 7.89. The highest BCUT2D eigenvalue weighted by molar-refractivity contribution is 7.91. The van der Waals surface area contributed by atoms with Crippen LogP contribution in [-0.4, -0.2) is 34.2 Å². The number of rotatable bonds is 3. The Bertz CT molecular complexity index is 909. The van der Waals surface area contributed by atoms with E-state index in [1.807, 2.05) is 19.9 Å². The first kappa shape index (κ1) is 14.2. The number of sulfone groups is 1. The summed E-state index contributed by atoms with van der Waals surface area (Å²) in [5, 5.41) is 4.12. The molecule has 3 rings (SSSR count). The highest BCUT2D eigenvalue weighted by Gasteiger charge is 2.20. The Balaban J connectivity index is 2.25. The van der Waals surface area contributed by atoms with Gasteiger partial charge < -0.3 is 4.98 Å². The van der Waals surface area contributed by atoms with Gasteiger partial charge in [-0.2, -0.15) is 0 Å². The first-order valence-corrected chi connectivity index (χ1v) is 9.06. The van der Waals surface area contributed by atoms with Gasteiger partial charge in [0.05, 0.1) is 16.1 Å². The minimum atomic E-state index is -3.32. The number of hydrogen-bond donors (Lipinski definition) is 1. The third-order valence-corrected chi connectivity index (χ3v) is 5.03. The molecule has 0 amide bonds. The molecule has 0 fully saturated rings. The molecule has 0 unspecified atom stereocenters. The molecule has 0 radical (unpaired) electrons. The van der Waals surface area contributed by atoms with Gasteiger partial charge in [0.2, 0.25) is 0 Å². The maximum atomic E-state index is 11.8. The molecule has 0 aliphatic heterocycles. The van der Waals surface area contributed by atoms with Gasteiger partial charge in [-0.05, 0) is 29.6 Å². The van der Waals surface area contributed by atoms with Crippen LogP contribution in [-0.2, 0) is 9.84 Å². The Kier molecular flexibility index (Phi) is 3.29. The average Bonchev–Trinajstić information content (AvgIpc) is 3.02. The Morgan fingerprint density at radius 1 is 1.29 bits per heavy atom. The molecule has 2 heterocycles. The van der Waals surface area contributed by atoms with E-state index < -0.39 is 9.84 Å². The summed E-state index contributed by atoms with van der Waals surface area (Å²) < 4.78 is 27.7. The van der Waals surface area contributed by atoms with Gasteiger partial charge in [-0.1, -0.05) is 24.4 Å². The first-order chi connectivity index (χ1) is 9.88. The van der Waals surface area contributed by atoms with Crippen LogP contribution in [0.2, 0.25) is 0 Å². The molecule has 6 nitrogen and oxygen atoms in total. The van der Waals surface area contributed by atoms with E-state index >= 15 is 0 Å². The summed E-state index contributed by atoms with van der Waals surface area (Å²) in [5.74, 6) is 0.834. The molecule has 110 valence electrons. The van der Waals surface area contributed by atoms with Crippen molar-refractivity contribution in [2.45, 2.75) is 24.7 Å². The van der Waals surface area contributed by atoms with Crippen LogP contribution in [0.25, 0.3) is 21.7 Å². The van der Waals surface area contributed by atoms with Crippen LogP contribution in [0, 0.1) is 0 Å². The lowest BCUT2D eigenvalue weighted by molar-refractivity contribution is 0.602. The summed E-state index contributed by atoms with van der Waals surface area (Å²) in [6.45, 7) is 4.07. The average molecular weight is 322 g/mol. The van der Waals surface area contributed by atoms with Gasteiger partial charge in [-0.25, -0.2) is 13.4 Å². The van der Waals surface area contributed by atoms with Gasteiger partial charge >= 0.3 is 0 Å². The standard InChI is InChI=1S/C13H14N4O2S2/c1-7(2)10-12(20-17-16-10)13-14-8-5-4-6-9(11(8)15-13)21(3,18)19/h4-7H,1-3H3,(H,14,15). The van der Waals surface area contributed by atoms with Crippen LogP contribution in [0.1, 0.15) is 25.5 Å². The molecule has 0 bridgehead atoms. The highest BCUT2D eigenvalue weighted by atomic mass is 32.2. The maximum absolute atomic E-state index is 11.8. The Hall–Kier alpha value is -1.80. The number of nitrogens with zero attached hydrogens (tertiary/aromatic N) is 3. The van der Waals surface area contributed by atoms with Crippen molar-refractivity contribution in [3.05, 3.63) is 23.9 Å². The maximum Gasteiger partial charge on any atom is 0.177 e. The second kappa shape index (κ2) is 4.88. The predicted octanol–water partition coefficient (Wildman–Crippen LogP) is 2.61. The monoisotopic (exact) mass is 322 g/mol. The summed E-state index contributed by atoms with van der Waals surface area (Å²) >= 11 is 1.26. The Labute approximate surface area is 126 Å². The quantitative estimate of drug-likeness (QED) is 0.800. The van der Waals surface area contributed by atoms with E-state index in [0.29, 0.717) is 16.9 Å². The van der Waals surface area contributed by atoms with E-state index in [-0.39, 0.29) is 10.8 Å². The van der Waals surface area contributed by atoms with E-state index in [9.17, 15) is 8.42 Å². The van der Waals surface area contributed by atoms with Crippen molar-refractivity contribution in [3.63, 3.8) is 0 Å². The number of H-pyrrole nitrogens is 1. The number of fused-ring (bicyclic) bond motifs is 1. The molecule has 0 atom stereocenters. The van der Waals surface area contributed by atoms with Crippen LogP contribution in [0.4, 0.5) is 0 Å². The zero-order valence-electron chi connectivity index (χ0n) is 11.8. The lowest BCUT2D eigenvalue weighted by Gasteiger charge is -2.00. The van der Waals surface area contributed by atoms with Gasteiger partial charge in [-0.15, -0.1) is 5.10 Å². The van der Waals surface area contributed by atoms with Crippen LogP contribution in [0.3, 0.4) is 0 Å². The fourth-order valence-electron chi connectivity index (χ4n) is 2.15. The van der Waals surface area contributed by atoms with E-state index in [1.165, 1.54) is 17.8 Å². The summed E-state index contributed by atoms with van der Waals surface area (Å²) in [5.41, 5.74) is 2.01. The smallest absolute Gasteiger partial charge is 0.177 e. The van der Waals surface area contributed by atoms with E-state index in [1.54, 1.807) is 12.1 Å². The fourth-order valence-corrected chi connectivity index (χ4v) is 3.75. The van der Waals surface area contributed by atoms with Crippen molar-refractivity contribution < 1.29 is 8.42 Å². The topological polar surface area (TPSA) is 88.6 Å². The van der Waals surface area contributed by atoms with Crippen molar-refractivity contribution in [1.29, 1.82) is 0 Å². The molecule has 8 heteroatoms. The zero-order valence-corrected chi connectivity index (χ0v) is 13.4. The van der Waals surface area contributed by atoms with Crippen molar-refractivity contribution in [1.82, 2.24) is 19.6 Å². The van der Waals surface area contributed by atoms with Crippen molar-refractivity contribution in [3.8, 4) is 10.7 Å². The Morgan fingerprint density at radius 2 is 2.05 bits per heavy atom. The van der Waals surface area contributed by atoms with Crippen LogP contribution >= 0.6 is 11.5 Å². The summed E-state index contributed by atoms with van der Waals surface area (Å²) in [6, 6.07) is 5.08. The molecular weight excluding hydrogens is 308 g/mol. The number of para-hydroxylation sites is 1. The number of imidazole rings is 1. The van der Waals surface area contributed by atoms with Gasteiger partial charge in [0.25, 0.3) is 0 Å². The molecule has 3 aromatic rings. The van der Waals surface area contributed by atoms with Crippen LogP contribution < -0.4 is 0 Å². The van der Waals surface area contributed by atoms with E-state index in [2.05, 4.69) is 19.6 Å². The third kappa shape index (κ3) is 2.44. The molecule has 0 saturated heterocycles. The minimum Gasteiger partial charge on any atom is -0.337 e. The van der Waals surface area contributed by atoms with Gasteiger partial charge in [0.15, 0.2) is 15.7 Å². The van der Waals surface area contributed by atoms with Gasteiger partial charge in [0, 0.05) is 6.26 Å². The molecule has 0 aliphatic carbocycles. The number of aromatic nitrogens is 4. The van der Waals surface area contributed by atoms with Gasteiger partial charge in [-0.3, -0.25) is 0 Å². The first-order valence-electron chi connectivity index (χ1n) is 6.39. The lowest BCUT2D eigenvalue weighted by Crippen LogP contribution is -1.97. The van der Waals surface area contributed by atoms with E-state index in [0.717, 1.165) is 10.6 Å². The normalized spacial score (nSPS) is 12.4. The highest BCUT2D eigenvalue weighted by Crippen LogP contribution is 2.31. The molecule has 1 aromatic carbocycles. The number of hydrogen-bond acceptors (Lipinski definition) is 6. The molecule has 0 aliphatic rings. The molecule has 0 saturated carbocycles. The second-order valence-electron chi connectivity index (χ2n) is 5.15. The van der Waals surface area contributed by atoms with Crippen LogP contribution in [0.15, 0.2) is 23.1 Å². The zero-order chi connectivity index (χ0) is 15.2. The minimum absolute atomic E-state index is 0.223. The number of nitrogens with one attached hydrogen (secondary N) is 1. The summed E-state index contributed by atoms with van der Waals surface area (Å²) in [7, 11) is -3.32. The molecule has 0 spiro atoms. The summed E-state index contributed by atoms with van der Waals surface area (Å²) in [6.07, 6.45) is 1.18. The van der Waals surface area contributed by atoms with Crippen molar-refractivity contribution >= 4 is 32.4 Å². The third-order valence-electron chi connectivity index (χ3n) is 3.15. The van der Waals surface area contributed by atoms with Crippen LogP contribution in [0.5, 0.6) is 0 Å². The predicted molar refractivity (Wildman–Crippen MR) is 82.2 cm³/mol.